The third-order valence-electron chi connectivity index (χ3n) is 3.15. The van der Waals surface area contributed by atoms with Crippen molar-refractivity contribution in [1.29, 1.82) is 0 Å². The predicted octanol–water partition coefficient (Wildman–Crippen LogP) is 0.0299. The Morgan fingerprint density at radius 2 is 1.74 bits per heavy atom. The van der Waals surface area contributed by atoms with Crippen LogP contribution in [0.5, 0.6) is 0 Å². The lowest BCUT2D eigenvalue weighted by Crippen LogP contribution is -2.41. The average Bonchev–Trinajstić information content (AvgIpc) is 2.26. The number of hydrogen-bond acceptors (Lipinski definition) is 5. The lowest BCUT2D eigenvalue weighted by atomic mass is 9.98. The van der Waals surface area contributed by atoms with Crippen LogP contribution in [-0.2, 0) is 19.9 Å². The van der Waals surface area contributed by atoms with Gasteiger partial charge in [-0.25, -0.2) is 21.1 Å². The number of sulfone groups is 1. The summed E-state index contributed by atoms with van der Waals surface area (Å²) in [5, 5.41) is 2.45. The van der Waals surface area contributed by atoms with Crippen LogP contribution in [0.25, 0.3) is 0 Å². The first-order valence-corrected chi connectivity index (χ1v) is 10.3. The van der Waals surface area contributed by atoms with Crippen LogP contribution >= 0.6 is 0 Å². The zero-order valence-corrected chi connectivity index (χ0v) is 13.3. The normalized spacial score (nSPS) is 18.9. The maximum atomic E-state index is 12.1. The van der Waals surface area contributed by atoms with Gasteiger partial charge in [-0.2, -0.15) is 0 Å². The van der Waals surface area contributed by atoms with Crippen molar-refractivity contribution in [2.24, 2.45) is 5.92 Å². The molecule has 1 fully saturated rings. The summed E-state index contributed by atoms with van der Waals surface area (Å²) in [6.45, 7) is 4.52. The van der Waals surface area contributed by atoms with Crippen molar-refractivity contribution in [3.8, 4) is 0 Å². The molecule has 0 amide bonds. The van der Waals surface area contributed by atoms with Crippen molar-refractivity contribution in [2.75, 3.05) is 37.5 Å². The van der Waals surface area contributed by atoms with Crippen molar-refractivity contribution in [1.82, 2.24) is 9.62 Å². The Balaban J connectivity index is 2.74. The first-order chi connectivity index (χ1) is 8.74. The molecule has 19 heavy (non-hydrogen) atoms. The van der Waals surface area contributed by atoms with Crippen LogP contribution in [0.1, 0.15) is 26.2 Å². The largest absolute Gasteiger partial charge is 0.317 e. The summed E-state index contributed by atoms with van der Waals surface area (Å²) in [6.07, 6.45) is 3.52. The van der Waals surface area contributed by atoms with Crippen LogP contribution < -0.4 is 5.32 Å². The quantitative estimate of drug-likeness (QED) is 0.717. The van der Waals surface area contributed by atoms with E-state index in [4.69, 9.17) is 0 Å². The maximum absolute atomic E-state index is 12.1. The lowest BCUT2D eigenvalue weighted by Gasteiger charge is -2.29. The van der Waals surface area contributed by atoms with Crippen molar-refractivity contribution >= 4 is 19.9 Å². The summed E-state index contributed by atoms with van der Waals surface area (Å²) < 4.78 is 48.1. The molecule has 1 aliphatic heterocycles. The molecule has 0 radical (unpaired) electrons. The molecule has 0 atom stereocenters. The second-order valence-corrected chi connectivity index (χ2v) is 9.68. The molecule has 8 heteroatoms. The maximum Gasteiger partial charge on any atom is 0.228 e. The molecule has 0 bridgehead atoms. The van der Waals surface area contributed by atoms with Gasteiger partial charge in [-0.15, -0.1) is 0 Å². The Morgan fingerprint density at radius 1 is 1.16 bits per heavy atom. The van der Waals surface area contributed by atoms with E-state index in [1.54, 1.807) is 0 Å². The molecule has 1 saturated heterocycles. The molecule has 1 aliphatic rings. The number of rotatable bonds is 7. The fourth-order valence-electron chi connectivity index (χ4n) is 2.29. The highest BCUT2D eigenvalue weighted by Crippen LogP contribution is 2.17. The highest BCUT2D eigenvalue weighted by molar-refractivity contribution is 8.06. The third kappa shape index (κ3) is 6.20. The molecular weight excluding hydrogens is 288 g/mol. The van der Waals surface area contributed by atoms with Crippen molar-refractivity contribution in [3.05, 3.63) is 0 Å². The number of nitrogens with zero attached hydrogens (tertiary/aromatic N) is 1. The number of piperidine rings is 1. The Bertz CT molecular complexity index is 467. The molecule has 0 aromatic rings. The predicted molar refractivity (Wildman–Crippen MR) is 76.1 cm³/mol. The van der Waals surface area contributed by atoms with E-state index in [-0.39, 0.29) is 0 Å². The Kier molecular flexibility index (Phi) is 6.22. The van der Waals surface area contributed by atoms with E-state index in [2.05, 4.69) is 5.32 Å². The van der Waals surface area contributed by atoms with Gasteiger partial charge in [0.2, 0.25) is 10.0 Å². The van der Waals surface area contributed by atoms with Crippen LogP contribution in [0.3, 0.4) is 0 Å². The Hall–Kier alpha value is -0.180. The van der Waals surface area contributed by atoms with Crippen LogP contribution in [0.2, 0.25) is 0 Å². The van der Waals surface area contributed by atoms with Crippen LogP contribution in [-0.4, -0.2) is 58.7 Å². The summed E-state index contributed by atoms with van der Waals surface area (Å²) in [7, 11) is -7.24. The number of nitrogens with one attached hydrogen (secondary N) is 1. The monoisotopic (exact) mass is 312 g/mol. The Morgan fingerprint density at radius 3 is 2.21 bits per heavy atom. The first-order valence-electron chi connectivity index (χ1n) is 6.61. The fraction of sp³-hybridized carbons (Fsp3) is 1.00. The molecule has 0 aliphatic carbocycles. The van der Waals surface area contributed by atoms with Crippen molar-refractivity contribution < 1.29 is 16.8 Å². The average molecular weight is 312 g/mol. The molecule has 0 spiro atoms. The van der Waals surface area contributed by atoms with E-state index in [0.29, 0.717) is 25.4 Å². The number of sulfonamides is 1. The lowest BCUT2D eigenvalue weighted by molar-refractivity contribution is 0.289. The van der Waals surface area contributed by atoms with Crippen LogP contribution in [0.4, 0.5) is 0 Å². The first kappa shape index (κ1) is 16.9. The standard InChI is InChI=1S/C11H24N2O4S2/c1-3-8-13(9-11-4-6-12-7-5-11)19(16,17)10-18(2,14)15/h11-12H,3-10H2,1-2H3. The van der Waals surface area contributed by atoms with Crippen molar-refractivity contribution in [3.63, 3.8) is 0 Å². The van der Waals surface area contributed by atoms with Gasteiger partial charge in [-0.1, -0.05) is 6.92 Å². The van der Waals surface area contributed by atoms with Gasteiger partial charge in [-0.3, -0.25) is 0 Å². The molecular formula is C11H24N2O4S2. The van der Waals surface area contributed by atoms with Gasteiger partial charge in [0.1, 0.15) is 0 Å². The van der Waals surface area contributed by atoms with E-state index < -0.39 is 24.9 Å². The number of hydrogen-bond donors (Lipinski definition) is 1. The summed E-state index contributed by atoms with van der Waals surface area (Å²) >= 11 is 0. The molecule has 1 N–H and O–H groups in total. The SMILES string of the molecule is CCCN(CC1CCNCC1)S(=O)(=O)CS(C)(=O)=O. The minimum absolute atomic E-state index is 0.321. The molecule has 0 aromatic carbocycles. The summed E-state index contributed by atoms with van der Waals surface area (Å²) in [6, 6.07) is 0. The second kappa shape index (κ2) is 7.01. The van der Waals surface area contributed by atoms with E-state index >= 15 is 0 Å². The summed E-state index contributed by atoms with van der Waals surface area (Å²) in [5.74, 6) is 0.321. The van der Waals surface area contributed by atoms with Gasteiger partial charge < -0.3 is 5.32 Å². The molecule has 0 saturated carbocycles. The summed E-state index contributed by atoms with van der Waals surface area (Å²) in [5.41, 5.74) is 0. The second-order valence-electron chi connectivity index (χ2n) is 5.21. The molecule has 114 valence electrons. The fourth-order valence-corrected chi connectivity index (χ4v) is 5.95. The minimum atomic E-state index is -3.72. The van der Waals surface area contributed by atoms with Gasteiger partial charge >= 0.3 is 0 Å². The van der Waals surface area contributed by atoms with Crippen molar-refractivity contribution in [2.45, 2.75) is 26.2 Å². The topological polar surface area (TPSA) is 83.6 Å². The van der Waals surface area contributed by atoms with E-state index in [1.807, 2.05) is 6.92 Å². The zero-order chi connectivity index (χ0) is 14.5. The van der Waals surface area contributed by atoms with Gasteiger partial charge in [0.25, 0.3) is 0 Å². The Labute approximate surface area is 116 Å². The van der Waals surface area contributed by atoms with E-state index in [9.17, 15) is 16.8 Å². The molecule has 0 aromatic heterocycles. The molecule has 6 nitrogen and oxygen atoms in total. The van der Waals surface area contributed by atoms with Crippen LogP contribution in [0, 0.1) is 5.92 Å². The van der Waals surface area contributed by atoms with Gasteiger partial charge in [0.05, 0.1) is 0 Å². The van der Waals surface area contributed by atoms with Gasteiger partial charge in [-0.05, 0) is 38.3 Å². The molecule has 1 heterocycles. The summed E-state index contributed by atoms with van der Waals surface area (Å²) in [4.78, 5) is 0. The zero-order valence-electron chi connectivity index (χ0n) is 11.6. The smallest absolute Gasteiger partial charge is 0.228 e. The molecule has 0 unspecified atom stereocenters. The highest BCUT2D eigenvalue weighted by Gasteiger charge is 2.28. The van der Waals surface area contributed by atoms with Gasteiger partial charge in [0, 0.05) is 19.3 Å². The highest BCUT2D eigenvalue weighted by atomic mass is 32.3. The van der Waals surface area contributed by atoms with E-state index in [0.717, 1.165) is 32.2 Å². The van der Waals surface area contributed by atoms with Crippen LogP contribution in [0.15, 0.2) is 0 Å². The third-order valence-corrected chi connectivity index (χ3v) is 7.17. The molecule has 1 rings (SSSR count). The van der Waals surface area contributed by atoms with Gasteiger partial charge in [0.15, 0.2) is 14.9 Å². The minimum Gasteiger partial charge on any atom is -0.317 e. The van der Waals surface area contributed by atoms with E-state index in [1.165, 1.54) is 4.31 Å².